The summed E-state index contributed by atoms with van der Waals surface area (Å²) < 4.78 is 24.8. The molecule has 102 valence electrons. The minimum Gasteiger partial charge on any atom is -0.508 e. The molecule has 3 rings (SSSR count). The highest BCUT2D eigenvalue weighted by Gasteiger charge is 2.31. The van der Waals surface area contributed by atoms with Gasteiger partial charge in [-0.15, -0.1) is 0 Å². The second-order valence-corrected chi connectivity index (χ2v) is 6.83. The minimum atomic E-state index is -3.43. The van der Waals surface area contributed by atoms with Crippen LogP contribution in [0.5, 0.6) is 5.75 Å². The van der Waals surface area contributed by atoms with Crippen LogP contribution in [0.15, 0.2) is 28.0 Å². The molecule has 2 aliphatic rings. The molecule has 0 bridgehead atoms. The number of phenolic OH excluding ortho intramolecular Hbond substituents is 1. The van der Waals surface area contributed by atoms with Crippen LogP contribution >= 0.6 is 0 Å². The lowest BCUT2D eigenvalue weighted by Gasteiger charge is -2.27. The molecule has 0 atom stereocenters. The van der Waals surface area contributed by atoms with E-state index in [-0.39, 0.29) is 10.6 Å². The lowest BCUT2D eigenvalue weighted by molar-refractivity contribution is 0.263. The fraction of sp³-hybridized carbons (Fsp3) is 0.385. The maximum Gasteiger partial charge on any atom is 0.204 e. The number of piperazine rings is 1. The molecule has 19 heavy (non-hydrogen) atoms. The van der Waals surface area contributed by atoms with Crippen molar-refractivity contribution in [2.45, 2.75) is 4.90 Å². The Labute approximate surface area is 112 Å². The first-order chi connectivity index (χ1) is 9.07. The third kappa shape index (κ3) is 2.27. The zero-order chi connectivity index (χ0) is 13.5. The highest BCUT2D eigenvalue weighted by Crippen LogP contribution is 2.35. The average Bonchev–Trinajstić information content (AvgIpc) is 2.63. The number of sulfone groups is 1. The lowest BCUT2D eigenvalue weighted by Crippen LogP contribution is -2.44. The molecule has 5 nitrogen and oxygen atoms in total. The van der Waals surface area contributed by atoms with Gasteiger partial charge in [-0.1, -0.05) is 0 Å². The van der Waals surface area contributed by atoms with Crippen molar-refractivity contribution in [3.8, 4) is 5.75 Å². The van der Waals surface area contributed by atoms with Crippen molar-refractivity contribution in [2.75, 3.05) is 32.7 Å². The summed E-state index contributed by atoms with van der Waals surface area (Å²) in [7, 11) is -3.43. The Morgan fingerprint density at radius 3 is 2.74 bits per heavy atom. The topological polar surface area (TPSA) is 69.6 Å². The van der Waals surface area contributed by atoms with Gasteiger partial charge in [0.25, 0.3) is 0 Å². The molecule has 1 aromatic rings. The third-order valence-corrected chi connectivity index (χ3v) is 5.41. The Kier molecular flexibility index (Phi) is 3.08. The van der Waals surface area contributed by atoms with E-state index in [1.165, 1.54) is 12.1 Å². The van der Waals surface area contributed by atoms with Crippen molar-refractivity contribution in [1.29, 1.82) is 0 Å². The third-order valence-electron chi connectivity index (χ3n) is 3.54. The van der Waals surface area contributed by atoms with Gasteiger partial charge in [-0.3, -0.25) is 4.90 Å². The van der Waals surface area contributed by atoms with Gasteiger partial charge in [0.15, 0.2) is 0 Å². The monoisotopic (exact) mass is 280 g/mol. The fourth-order valence-corrected chi connectivity index (χ4v) is 4.12. The summed E-state index contributed by atoms with van der Waals surface area (Å²) in [6.45, 7) is 3.94. The average molecular weight is 280 g/mol. The number of nitrogens with one attached hydrogen (secondary N) is 1. The van der Waals surface area contributed by atoms with Gasteiger partial charge in [0.2, 0.25) is 9.84 Å². The minimum absolute atomic E-state index is 0.0147. The van der Waals surface area contributed by atoms with Gasteiger partial charge < -0.3 is 10.4 Å². The normalized spacial score (nSPS) is 22.0. The van der Waals surface area contributed by atoms with Gasteiger partial charge in [0.05, 0.1) is 9.80 Å². The Balaban J connectivity index is 1.88. The van der Waals surface area contributed by atoms with Crippen molar-refractivity contribution in [3.05, 3.63) is 28.7 Å². The van der Waals surface area contributed by atoms with Crippen LogP contribution in [0.3, 0.4) is 0 Å². The standard InChI is InChI=1S/C13H16N2O3S/c16-11-2-1-10-7-12(19(17,18)13(10)8-11)9-15-5-3-14-4-6-15/h1-2,7-8,14,16H,3-6,9H2. The number of nitrogens with zero attached hydrogens (tertiary/aromatic N) is 1. The van der Waals surface area contributed by atoms with Crippen molar-refractivity contribution in [3.63, 3.8) is 0 Å². The summed E-state index contributed by atoms with van der Waals surface area (Å²) in [6, 6.07) is 4.48. The van der Waals surface area contributed by atoms with Crippen molar-refractivity contribution in [1.82, 2.24) is 10.2 Å². The van der Waals surface area contributed by atoms with E-state index < -0.39 is 9.84 Å². The Morgan fingerprint density at radius 1 is 1.26 bits per heavy atom. The zero-order valence-electron chi connectivity index (χ0n) is 10.5. The van der Waals surface area contributed by atoms with Crippen molar-refractivity contribution >= 4 is 15.9 Å². The van der Waals surface area contributed by atoms with Crippen LogP contribution in [0.1, 0.15) is 5.56 Å². The summed E-state index contributed by atoms with van der Waals surface area (Å²) >= 11 is 0. The van der Waals surface area contributed by atoms with Gasteiger partial charge in [-0.05, 0) is 29.8 Å². The predicted molar refractivity (Wildman–Crippen MR) is 72.6 cm³/mol. The smallest absolute Gasteiger partial charge is 0.204 e. The summed E-state index contributed by atoms with van der Waals surface area (Å²) in [6.07, 6.45) is 1.71. The van der Waals surface area contributed by atoms with Crippen LogP contribution in [-0.2, 0) is 9.84 Å². The molecular weight excluding hydrogens is 264 g/mol. The predicted octanol–water partition coefficient (Wildman–Crippen LogP) is 0.426. The van der Waals surface area contributed by atoms with E-state index >= 15 is 0 Å². The van der Waals surface area contributed by atoms with E-state index in [4.69, 9.17) is 0 Å². The van der Waals surface area contributed by atoms with Gasteiger partial charge in [-0.25, -0.2) is 8.42 Å². The van der Waals surface area contributed by atoms with E-state index in [1.807, 2.05) is 0 Å². The van der Waals surface area contributed by atoms with Crippen LogP contribution in [0.4, 0.5) is 0 Å². The summed E-state index contributed by atoms with van der Waals surface area (Å²) in [5.41, 5.74) is 0.669. The zero-order valence-corrected chi connectivity index (χ0v) is 11.3. The van der Waals surface area contributed by atoms with Crippen molar-refractivity contribution < 1.29 is 13.5 Å². The van der Waals surface area contributed by atoms with E-state index in [0.29, 0.717) is 17.0 Å². The molecule has 6 heteroatoms. The van der Waals surface area contributed by atoms with Crippen LogP contribution in [0.2, 0.25) is 0 Å². The molecule has 0 spiro atoms. The van der Waals surface area contributed by atoms with Gasteiger partial charge >= 0.3 is 0 Å². The number of phenols is 1. The molecule has 2 heterocycles. The SMILES string of the molecule is O=S1(=O)C(CN2CCNCC2)=Cc2ccc(O)cc21. The molecule has 1 aromatic carbocycles. The second-order valence-electron chi connectivity index (χ2n) is 4.86. The quantitative estimate of drug-likeness (QED) is 0.822. The van der Waals surface area contributed by atoms with Gasteiger partial charge in [-0.2, -0.15) is 0 Å². The number of rotatable bonds is 2. The Hall–Kier alpha value is -1.37. The molecule has 0 unspecified atom stereocenters. The number of hydrogen-bond donors (Lipinski definition) is 2. The molecule has 0 amide bonds. The Bertz CT molecular complexity index is 631. The number of aromatic hydroxyl groups is 1. The van der Waals surface area contributed by atoms with Crippen LogP contribution in [0.25, 0.3) is 6.08 Å². The molecule has 0 aliphatic carbocycles. The maximum absolute atomic E-state index is 12.4. The molecule has 1 fully saturated rings. The Morgan fingerprint density at radius 2 is 2.00 bits per heavy atom. The summed E-state index contributed by atoms with van der Waals surface area (Å²) in [4.78, 5) is 2.78. The van der Waals surface area contributed by atoms with Crippen LogP contribution < -0.4 is 5.32 Å². The van der Waals surface area contributed by atoms with Crippen LogP contribution in [-0.4, -0.2) is 51.1 Å². The van der Waals surface area contributed by atoms with E-state index in [1.54, 1.807) is 12.1 Å². The first kappa shape index (κ1) is 12.7. The van der Waals surface area contributed by atoms with Crippen molar-refractivity contribution in [2.24, 2.45) is 0 Å². The summed E-state index contributed by atoms with van der Waals surface area (Å²) in [5, 5.41) is 12.7. The first-order valence-corrected chi connectivity index (χ1v) is 7.77. The number of fused-ring (bicyclic) bond motifs is 1. The largest absolute Gasteiger partial charge is 0.508 e. The molecule has 1 saturated heterocycles. The molecule has 2 N–H and O–H groups in total. The molecule has 0 aromatic heterocycles. The van der Waals surface area contributed by atoms with Crippen LogP contribution in [0, 0.1) is 0 Å². The maximum atomic E-state index is 12.4. The summed E-state index contributed by atoms with van der Waals surface area (Å²) in [5.74, 6) is -0.0147. The van der Waals surface area contributed by atoms with Gasteiger partial charge in [0, 0.05) is 32.7 Å². The second kappa shape index (κ2) is 4.63. The molecule has 0 saturated carbocycles. The van der Waals surface area contributed by atoms with E-state index in [2.05, 4.69) is 10.2 Å². The number of benzene rings is 1. The van der Waals surface area contributed by atoms with E-state index in [9.17, 15) is 13.5 Å². The number of hydrogen-bond acceptors (Lipinski definition) is 5. The molecular formula is C13H16N2O3S. The lowest BCUT2D eigenvalue weighted by atomic mass is 10.2. The fourth-order valence-electron chi connectivity index (χ4n) is 2.49. The highest BCUT2D eigenvalue weighted by atomic mass is 32.2. The van der Waals surface area contributed by atoms with Gasteiger partial charge in [0.1, 0.15) is 5.75 Å². The highest BCUT2D eigenvalue weighted by molar-refractivity contribution is 7.95. The first-order valence-electron chi connectivity index (χ1n) is 6.29. The molecule has 2 aliphatic heterocycles. The van der Waals surface area contributed by atoms with E-state index in [0.717, 1.165) is 26.2 Å². The molecule has 0 radical (unpaired) electrons.